The topological polar surface area (TPSA) is 102 Å². The van der Waals surface area contributed by atoms with Gasteiger partial charge in [0, 0.05) is 25.1 Å². The van der Waals surface area contributed by atoms with Gasteiger partial charge in [-0.3, -0.25) is 19.2 Å². The largest absolute Gasteiger partial charge is 0.457 e. The number of Topliss-reactive ketones (excluding diaryl/α,β-unsaturated/α-hetero) is 1. The average molecular weight is 396 g/mol. The van der Waals surface area contributed by atoms with Crippen LogP contribution in [-0.2, 0) is 19.1 Å². The maximum atomic E-state index is 12.5. The lowest BCUT2D eigenvalue weighted by Gasteiger charge is -2.13. The first-order valence-electron chi connectivity index (χ1n) is 9.19. The van der Waals surface area contributed by atoms with Crippen molar-refractivity contribution >= 4 is 34.9 Å². The van der Waals surface area contributed by atoms with Gasteiger partial charge in [0.1, 0.15) is 0 Å². The molecular weight excluding hydrogens is 372 g/mol. The first kappa shape index (κ1) is 21.8. The van der Waals surface area contributed by atoms with E-state index in [0.717, 1.165) is 5.56 Å². The molecule has 2 rings (SSSR count). The third-order valence-corrected chi connectivity index (χ3v) is 4.16. The number of benzene rings is 2. The zero-order chi connectivity index (χ0) is 21.4. The van der Waals surface area contributed by atoms with Gasteiger partial charge in [-0.15, -0.1) is 0 Å². The molecule has 2 aromatic carbocycles. The summed E-state index contributed by atoms with van der Waals surface area (Å²) in [4.78, 5) is 47.3. The molecule has 0 aromatic heterocycles. The summed E-state index contributed by atoms with van der Waals surface area (Å²) in [5.41, 5.74) is 1.88. The molecule has 2 N–H and O–H groups in total. The Labute approximate surface area is 169 Å². The molecule has 7 nitrogen and oxygen atoms in total. The van der Waals surface area contributed by atoms with E-state index in [9.17, 15) is 19.2 Å². The smallest absolute Gasteiger partial charge is 0.306 e. The number of carbonyl (C=O) groups excluding carboxylic acids is 4. The van der Waals surface area contributed by atoms with E-state index in [1.54, 1.807) is 6.07 Å². The van der Waals surface area contributed by atoms with E-state index in [2.05, 4.69) is 10.6 Å². The van der Waals surface area contributed by atoms with Gasteiger partial charge >= 0.3 is 5.97 Å². The van der Waals surface area contributed by atoms with Gasteiger partial charge in [-0.2, -0.15) is 0 Å². The quantitative estimate of drug-likeness (QED) is 0.525. The van der Waals surface area contributed by atoms with Crippen molar-refractivity contribution in [3.8, 4) is 0 Å². The van der Waals surface area contributed by atoms with E-state index in [4.69, 9.17) is 4.74 Å². The lowest BCUT2D eigenvalue weighted by molar-refractivity contribution is -0.142. The Morgan fingerprint density at radius 1 is 0.931 bits per heavy atom. The van der Waals surface area contributed by atoms with Gasteiger partial charge in [-0.25, -0.2) is 0 Å². The van der Waals surface area contributed by atoms with E-state index in [1.807, 2.05) is 37.3 Å². The SMILES string of the molecule is CC(=O)Nc1ccc(C(=O)COC(=O)C[C@H](C)c2ccccc2)c(NC(C)=O)c1. The molecule has 0 spiro atoms. The first-order chi connectivity index (χ1) is 13.8. The maximum absolute atomic E-state index is 12.5. The monoisotopic (exact) mass is 396 g/mol. The second kappa shape index (κ2) is 10.2. The van der Waals surface area contributed by atoms with Gasteiger partial charge in [0.25, 0.3) is 0 Å². The number of carbonyl (C=O) groups is 4. The fraction of sp³-hybridized carbons (Fsp3) is 0.273. The fourth-order valence-electron chi connectivity index (χ4n) is 2.79. The molecule has 29 heavy (non-hydrogen) atoms. The molecule has 0 aliphatic carbocycles. The Kier molecular flexibility index (Phi) is 7.65. The molecule has 0 aliphatic rings. The van der Waals surface area contributed by atoms with Crippen LogP contribution in [0.4, 0.5) is 11.4 Å². The normalized spacial score (nSPS) is 11.3. The fourth-order valence-corrected chi connectivity index (χ4v) is 2.79. The maximum Gasteiger partial charge on any atom is 0.306 e. The van der Waals surface area contributed by atoms with Gasteiger partial charge in [-0.1, -0.05) is 37.3 Å². The number of nitrogens with one attached hydrogen (secondary N) is 2. The van der Waals surface area contributed by atoms with Gasteiger partial charge in [0.05, 0.1) is 12.1 Å². The number of rotatable bonds is 8. The summed E-state index contributed by atoms with van der Waals surface area (Å²) >= 11 is 0. The number of esters is 1. The van der Waals surface area contributed by atoms with Crippen LogP contribution in [0.5, 0.6) is 0 Å². The number of hydrogen-bond acceptors (Lipinski definition) is 5. The molecule has 0 radical (unpaired) electrons. The predicted molar refractivity (Wildman–Crippen MR) is 110 cm³/mol. The van der Waals surface area contributed by atoms with Crippen molar-refractivity contribution in [3.05, 3.63) is 59.7 Å². The summed E-state index contributed by atoms with van der Waals surface area (Å²) in [5, 5.41) is 5.14. The van der Waals surface area contributed by atoms with E-state index in [1.165, 1.54) is 26.0 Å². The summed E-state index contributed by atoms with van der Waals surface area (Å²) < 4.78 is 5.13. The zero-order valence-corrected chi connectivity index (χ0v) is 16.7. The standard InChI is InChI=1S/C22H24N2O5/c1-14(17-7-5-4-6-8-17)11-22(28)29-13-21(27)19-10-9-18(23-15(2)25)12-20(19)24-16(3)26/h4-10,12,14H,11,13H2,1-3H3,(H,23,25)(H,24,26)/t14-/m0/s1. The molecule has 1 atom stereocenters. The number of ketones is 1. The van der Waals surface area contributed by atoms with Crippen molar-refractivity contribution in [3.63, 3.8) is 0 Å². The molecule has 2 amide bonds. The van der Waals surface area contributed by atoms with E-state index in [-0.39, 0.29) is 35.4 Å². The molecule has 7 heteroatoms. The lowest BCUT2D eigenvalue weighted by atomic mass is 9.98. The number of amides is 2. The highest BCUT2D eigenvalue weighted by Crippen LogP contribution is 2.23. The molecule has 0 saturated heterocycles. The van der Waals surface area contributed by atoms with Crippen LogP contribution < -0.4 is 10.6 Å². The number of ether oxygens (including phenoxy) is 1. The number of hydrogen-bond donors (Lipinski definition) is 2. The lowest BCUT2D eigenvalue weighted by Crippen LogP contribution is -2.18. The van der Waals surface area contributed by atoms with Crippen LogP contribution in [0.2, 0.25) is 0 Å². The number of anilines is 2. The van der Waals surface area contributed by atoms with Crippen molar-refractivity contribution in [2.45, 2.75) is 33.1 Å². The van der Waals surface area contributed by atoms with Gasteiger partial charge in [-0.05, 0) is 29.7 Å². The van der Waals surface area contributed by atoms with E-state index < -0.39 is 18.4 Å². The van der Waals surface area contributed by atoms with Gasteiger partial charge in [0.2, 0.25) is 17.6 Å². The van der Waals surface area contributed by atoms with Crippen LogP contribution in [0.3, 0.4) is 0 Å². The second-order valence-electron chi connectivity index (χ2n) is 6.72. The Balaban J connectivity index is 2.02. The third-order valence-electron chi connectivity index (χ3n) is 4.16. The molecular formula is C22H24N2O5. The van der Waals surface area contributed by atoms with Crippen molar-refractivity contribution in [2.75, 3.05) is 17.2 Å². The molecule has 152 valence electrons. The Hall–Kier alpha value is -3.48. The highest BCUT2D eigenvalue weighted by molar-refractivity contribution is 6.06. The molecule has 0 unspecified atom stereocenters. The molecule has 0 bridgehead atoms. The highest BCUT2D eigenvalue weighted by Gasteiger charge is 2.17. The average Bonchev–Trinajstić information content (AvgIpc) is 2.66. The van der Waals surface area contributed by atoms with Crippen molar-refractivity contribution in [1.29, 1.82) is 0 Å². The summed E-state index contributed by atoms with van der Waals surface area (Å²) in [6.07, 6.45) is 0.150. The van der Waals surface area contributed by atoms with Crippen LogP contribution in [0, 0.1) is 0 Å². The molecule has 0 saturated carbocycles. The predicted octanol–water partition coefficient (Wildman–Crippen LogP) is 3.52. The summed E-state index contributed by atoms with van der Waals surface area (Å²) in [7, 11) is 0. The van der Waals surface area contributed by atoms with Crippen LogP contribution in [0.15, 0.2) is 48.5 Å². The second-order valence-corrected chi connectivity index (χ2v) is 6.72. The third kappa shape index (κ3) is 6.88. The Bertz CT molecular complexity index is 909. The van der Waals surface area contributed by atoms with Crippen LogP contribution in [0.25, 0.3) is 0 Å². The first-order valence-corrected chi connectivity index (χ1v) is 9.19. The summed E-state index contributed by atoms with van der Waals surface area (Å²) in [6.45, 7) is 4.14. The molecule has 0 heterocycles. The van der Waals surface area contributed by atoms with Crippen molar-refractivity contribution in [1.82, 2.24) is 0 Å². The molecule has 0 aliphatic heterocycles. The Morgan fingerprint density at radius 2 is 1.59 bits per heavy atom. The van der Waals surface area contributed by atoms with Crippen molar-refractivity contribution in [2.24, 2.45) is 0 Å². The minimum atomic E-state index is -0.481. The highest BCUT2D eigenvalue weighted by atomic mass is 16.5. The van der Waals surface area contributed by atoms with Crippen LogP contribution >= 0.6 is 0 Å². The molecule has 0 fully saturated rings. The van der Waals surface area contributed by atoms with E-state index in [0.29, 0.717) is 5.69 Å². The minimum Gasteiger partial charge on any atom is -0.457 e. The Morgan fingerprint density at radius 3 is 2.21 bits per heavy atom. The zero-order valence-electron chi connectivity index (χ0n) is 16.7. The van der Waals surface area contributed by atoms with E-state index >= 15 is 0 Å². The summed E-state index contributed by atoms with van der Waals surface area (Å²) in [6, 6.07) is 14.0. The van der Waals surface area contributed by atoms with Crippen LogP contribution in [0.1, 0.15) is 49.0 Å². The van der Waals surface area contributed by atoms with Crippen LogP contribution in [-0.4, -0.2) is 30.2 Å². The molecule has 2 aromatic rings. The van der Waals surface area contributed by atoms with Crippen molar-refractivity contribution < 1.29 is 23.9 Å². The minimum absolute atomic E-state index is 0.0364. The van der Waals surface area contributed by atoms with Gasteiger partial charge < -0.3 is 15.4 Å². The van der Waals surface area contributed by atoms with Gasteiger partial charge in [0.15, 0.2) is 6.61 Å². The summed E-state index contributed by atoms with van der Waals surface area (Å²) in [5.74, 6) is -1.62.